The number of nitrogens with two attached hydrogens (primary N) is 1. The molecule has 0 bridgehead atoms. The van der Waals surface area contributed by atoms with Gasteiger partial charge >= 0.3 is 7.82 Å². The van der Waals surface area contributed by atoms with E-state index in [0.717, 1.165) is 0 Å². The van der Waals surface area contributed by atoms with Crippen LogP contribution in [0.15, 0.2) is 72.3 Å². The number of aromatic nitrogens is 4. The molecule has 0 unspecified atom stereocenters. The summed E-state index contributed by atoms with van der Waals surface area (Å²) in [5, 5.41) is 22.0. The van der Waals surface area contributed by atoms with Crippen molar-refractivity contribution >= 4 is 24.9 Å². The van der Waals surface area contributed by atoms with Gasteiger partial charge in [-0.3, -0.25) is 18.9 Å². The maximum absolute atomic E-state index is 14.0. The van der Waals surface area contributed by atoms with E-state index in [4.69, 9.17) is 33.5 Å². The van der Waals surface area contributed by atoms with E-state index in [9.17, 15) is 19.6 Å². The number of aliphatic hydroxyl groups is 2. The van der Waals surface area contributed by atoms with Gasteiger partial charge in [-0.25, -0.2) is 9.55 Å². The van der Waals surface area contributed by atoms with Crippen LogP contribution < -0.4 is 29.8 Å². The molecule has 1 aliphatic rings. The van der Waals surface area contributed by atoms with Crippen molar-refractivity contribution in [2.75, 3.05) is 26.6 Å². The molecule has 15 nitrogen and oxygen atoms in total. The van der Waals surface area contributed by atoms with Gasteiger partial charge in [-0.15, -0.1) is 6.58 Å². The molecule has 4 aromatic rings. The molecule has 2 aromatic carbocycles. The molecule has 42 heavy (non-hydrogen) atoms. The lowest BCUT2D eigenvalue weighted by atomic mass is 9.96. The molecule has 0 amide bonds. The van der Waals surface area contributed by atoms with E-state index in [-0.39, 0.29) is 28.6 Å². The molecule has 0 saturated carbocycles. The fourth-order valence-electron chi connectivity index (χ4n) is 4.29. The predicted octanol–water partition coefficient (Wildman–Crippen LogP) is 2.18. The Labute approximate surface area is 238 Å². The van der Waals surface area contributed by atoms with Gasteiger partial charge in [0.15, 0.2) is 17.4 Å². The van der Waals surface area contributed by atoms with E-state index in [1.807, 2.05) is 0 Å². The Balaban J connectivity index is 1.43. The van der Waals surface area contributed by atoms with E-state index < -0.39 is 44.0 Å². The van der Waals surface area contributed by atoms with Crippen molar-refractivity contribution in [2.45, 2.75) is 24.0 Å². The van der Waals surface area contributed by atoms with Crippen LogP contribution in [0.25, 0.3) is 11.2 Å². The fourth-order valence-corrected chi connectivity index (χ4v) is 5.55. The first-order valence-corrected chi connectivity index (χ1v) is 13.9. The van der Waals surface area contributed by atoms with Gasteiger partial charge in [0.05, 0.1) is 27.2 Å². The molecule has 16 heteroatoms. The van der Waals surface area contributed by atoms with Crippen molar-refractivity contribution in [2.24, 2.45) is 0 Å². The number of anilines is 1. The van der Waals surface area contributed by atoms with Crippen LogP contribution in [-0.2, 0) is 13.8 Å². The minimum atomic E-state index is -4.49. The molecule has 1 fully saturated rings. The Morgan fingerprint density at radius 3 is 2.14 bits per heavy atom. The summed E-state index contributed by atoms with van der Waals surface area (Å²) in [6.07, 6.45) is -2.15. The van der Waals surface area contributed by atoms with Crippen LogP contribution in [0, 0.1) is 0 Å². The average Bonchev–Trinajstić information content (AvgIpc) is 3.51. The Kier molecular flexibility index (Phi) is 7.95. The lowest BCUT2D eigenvalue weighted by Gasteiger charge is -2.29. The van der Waals surface area contributed by atoms with Crippen LogP contribution in [0.4, 0.5) is 5.95 Å². The first-order chi connectivity index (χ1) is 20.1. The number of methoxy groups -OCH3 is 2. The maximum atomic E-state index is 14.0. The van der Waals surface area contributed by atoms with Crippen LogP contribution in [0.1, 0.15) is 6.23 Å². The first kappa shape index (κ1) is 29.1. The van der Waals surface area contributed by atoms with Crippen LogP contribution in [-0.4, -0.2) is 68.4 Å². The third kappa shape index (κ3) is 5.55. The van der Waals surface area contributed by atoms with Crippen LogP contribution in [0.5, 0.6) is 23.0 Å². The predicted molar refractivity (Wildman–Crippen MR) is 148 cm³/mol. The largest absolute Gasteiger partial charge is 0.587 e. The SMILES string of the molecule is C=C[C@]1(COP(=O)(Oc2ccc(OC)cc2)Oc2ccc(OC)cc2)O[C@@H](n2cnc3c(=O)[nH]c(N)nc32)[C@H](O)[C@@H]1O. The zero-order chi connectivity index (χ0) is 30.1. The van der Waals surface area contributed by atoms with Gasteiger partial charge in [-0.05, 0) is 48.5 Å². The normalized spacial score (nSPS) is 22.1. The molecule has 5 rings (SSSR count). The molecule has 1 saturated heterocycles. The second kappa shape index (κ2) is 11.5. The van der Waals surface area contributed by atoms with Gasteiger partial charge in [0.2, 0.25) is 5.95 Å². The van der Waals surface area contributed by atoms with E-state index in [1.54, 1.807) is 24.3 Å². The van der Waals surface area contributed by atoms with Gasteiger partial charge in [-0.1, -0.05) is 6.08 Å². The molecule has 3 heterocycles. The quantitative estimate of drug-likeness (QED) is 0.144. The number of hydrogen-bond acceptors (Lipinski definition) is 13. The molecule has 222 valence electrons. The summed E-state index contributed by atoms with van der Waals surface area (Å²) in [5.74, 6) is 1.14. The molecule has 2 aromatic heterocycles. The highest BCUT2D eigenvalue weighted by Crippen LogP contribution is 2.52. The van der Waals surface area contributed by atoms with Crippen LogP contribution >= 0.6 is 7.82 Å². The number of hydrogen-bond donors (Lipinski definition) is 4. The van der Waals surface area contributed by atoms with Crippen LogP contribution in [0.3, 0.4) is 0 Å². The standard InChI is InChI=1S/C26H28N5O10P/c1-4-26(21(33)20(32)24(39-26)31-14-28-19-22(31)29-25(27)30-23(19)34)13-38-42(35,40-17-9-5-15(36-2)6-10-17)41-18-11-7-16(37-3)8-12-18/h4-12,14,20-21,24,32-33H,1,13H2,2-3H3,(H3,27,29,30,34)/t20-,21+,24-,26-/m1/s1. The molecule has 0 aliphatic carbocycles. The van der Waals surface area contributed by atoms with E-state index in [2.05, 4.69) is 21.5 Å². The molecule has 0 spiro atoms. The number of nitrogen functional groups attached to an aromatic ring is 1. The molecule has 1 aliphatic heterocycles. The second-order valence-electron chi connectivity index (χ2n) is 9.13. The molecule has 5 N–H and O–H groups in total. The monoisotopic (exact) mass is 601 g/mol. The van der Waals surface area contributed by atoms with Crippen molar-refractivity contribution in [3.8, 4) is 23.0 Å². The third-order valence-electron chi connectivity index (χ3n) is 6.53. The average molecular weight is 602 g/mol. The number of phosphoric ester groups is 1. The van der Waals surface area contributed by atoms with Crippen molar-refractivity contribution in [1.82, 2.24) is 19.5 Å². The zero-order valence-electron chi connectivity index (χ0n) is 22.4. The number of nitrogens with zero attached hydrogens (tertiary/aromatic N) is 3. The molecule has 0 radical (unpaired) electrons. The van der Waals surface area contributed by atoms with Crippen LogP contribution in [0.2, 0.25) is 0 Å². The number of benzene rings is 2. The van der Waals surface area contributed by atoms with Gasteiger partial charge in [0.25, 0.3) is 5.56 Å². The Morgan fingerprint density at radius 1 is 1.07 bits per heavy atom. The number of phosphoric acid groups is 1. The lowest BCUT2D eigenvalue weighted by molar-refractivity contribution is -0.0947. The minimum absolute atomic E-state index is 0.00429. The van der Waals surface area contributed by atoms with E-state index in [1.165, 1.54) is 55.5 Å². The van der Waals surface area contributed by atoms with Crippen molar-refractivity contribution in [1.29, 1.82) is 0 Å². The smallest absolute Gasteiger partial charge is 0.497 e. The summed E-state index contributed by atoms with van der Waals surface area (Å²) in [5.41, 5.74) is 3.19. The Bertz CT molecular complexity index is 1620. The summed E-state index contributed by atoms with van der Waals surface area (Å²) in [6.45, 7) is 3.08. The van der Waals surface area contributed by atoms with Gasteiger partial charge in [0, 0.05) is 0 Å². The van der Waals surface area contributed by atoms with Crippen molar-refractivity contribution in [3.05, 3.63) is 77.9 Å². The molecular formula is C26H28N5O10P. The van der Waals surface area contributed by atoms with Gasteiger partial charge in [-0.2, -0.15) is 4.98 Å². The molecular weight excluding hydrogens is 573 g/mol. The Morgan fingerprint density at radius 2 is 1.62 bits per heavy atom. The van der Waals surface area contributed by atoms with Crippen molar-refractivity contribution in [3.63, 3.8) is 0 Å². The van der Waals surface area contributed by atoms with E-state index >= 15 is 0 Å². The summed E-state index contributed by atoms with van der Waals surface area (Å²) >= 11 is 0. The number of nitrogens with one attached hydrogen (secondary N) is 1. The fraction of sp³-hybridized carbons (Fsp3) is 0.269. The lowest BCUT2D eigenvalue weighted by Crippen LogP contribution is -2.45. The minimum Gasteiger partial charge on any atom is -0.497 e. The first-order valence-electron chi connectivity index (χ1n) is 12.4. The maximum Gasteiger partial charge on any atom is 0.587 e. The molecule has 4 atom stereocenters. The topological polar surface area (TPSA) is 202 Å². The number of imidazole rings is 1. The number of rotatable bonds is 11. The number of fused-ring (bicyclic) bond motifs is 1. The third-order valence-corrected chi connectivity index (χ3v) is 7.84. The van der Waals surface area contributed by atoms with Crippen molar-refractivity contribution < 1.29 is 42.6 Å². The van der Waals surface area contributed by atoms with Gasteiger partial charge < -0.3 is 39.2 Å². The Hall–Kier alpha value is -4.40. The zero-order valence-corrected chi connectivity index (χ0v) is 23.3. The summed E-state index contributed by atoms with van der Waals surface area (Å²) in [6, 6.07) is 12.4. The summed E-state index contributed by atoms with van der Waals surface area (Å²) in [7, 11) is -1.50. The number of H-pyrrole nitrogens is 1. The highest BCUT2D eigenvalue weighted by molar-refractivity contribution is 7.49. The highest BCUT2D eigenvalue weighted by Gasteiger charge is 2.55. The summed E-state index contributed by atoms with van der Waals surface area (Å²) in [4.78, 5) is 22.6. The summed E-state index contributed by atoms with van der Waals surface area (Å²) < 4.78 is 48.6. The number of aromatic amines is 1. The van der Waals surface area contributed by atoms with Gasteiger partial charge in [0.1, 0.15) is 40.8 Å². The highest BCUT2D eigenvalue weighted by atomic mass is 31.2. The second-order valence-corrected chi connectivity index (χ2v) is 10.7. The van der Waals surface area contributed by atoms with E-state index in [0.29, 0.717) is 11.5 Å². The number of ether oxygens (including phenoxy) is 3. The number of aliphatic hydroxyl groups excluding tert-OH is 2.